The first-order valence-electron chi connectivity index (χ1n) is 5.47. The number of amides is 1. The molecule has 0 aromatic carbocycles. The lowest BCUT2D eigenvalue weighted by molar-refractivity contribution is -0.128. The SMILES string of the molecule is CCN(Cc1ccc(Br)s1)C(=O)CSCCN. The molecule has 1 rings (SSSR count). The summed E-state index contributed by atoms with van der Waals surface area (Å²) in [7, 11) is 0. The first kappa shape index (κ1) is 15.0. The molecule has 0 radical (unpaired) electrons. The molecule has 0 aliphatic heterocycles. The van der Waals surface area contributed by atoms with E-state index < -0.39 is 0 Å². The van der Waals surface area contributed by atoms with Crippen LogP contribution in [0.2, 0.25) is 0 Å². The quantitative estimate of drug-likeness (QED) is 0.778. The van der Waals surface area contributed by atoms with E-state index in [-0.39, 0.29) is 5.91 Å². The fourth-order valence-corrected chi connectivity index (χ4v) is 3.50. The molecule has 0 saturated carbocycles. The van der Waals surface area contributed by atoms with Crippen molar-refractivity contribution in [3.8, 4) is 0 Å². The molecule has 0 saturated heterocycles. The van der Waals surface area contributed by atoms with Crippen molar-refractivity contribution in [2.75, 3.05) is 24.6 Å². The zero-order chi connectivity index (χ0) is 12.7. The molecule has 1 heterocycles. The molecule has 0 aliphatic rings. The molecule has 17 heavy (non-hydrogen) atoms. The van der Waals surface area contributed by atoms with Crippen LogP contribution in [0.1, 0.15) is 11.8 Å². The molecular weight excluding hydrogens is 320 g/mol. The number of carbonyl (C=O) groups is 1. The summed E-state index contributed by atoms with van der Waals surface area (Å²) in [5.41, 5.74) is 5.40. The smallest absolute Gasteiger partial charge is 0.232 e. The minimum Gasteiger partial charge on any atom is -0.337 e. The van der Waals surface area contributed by atoms with E-state index >= 15 is 0 Å². The second-order valence-corrected chi connectivity index (χ2v) is 7.11. The van der Waals surface area contributed by atoms with Crippen LogP contribution >= 0.6 is 39.0 Å². The zero-order valence-corrected chi connectivity index (χ0v) is 13.0. The van der Waals surface area contributed by atoms with Crippen LogP contribution in [0.4, 0.5) is 0 Å². The first-order valence-corrected chi connectivity index (χ1v) is 8.23. The molecule has 0 unspecified atom stereocenters. The summed E-state index contributed by atoms with van der Waals surface area (Å²) < 4.78 is 1.11. The van der Waals surface area contributed by atoms with Crippen LogP contribution in [0.15, 0.2) is 15.9 Å². The molecule has 1 amide bonds. The largest absolute Gasteiger partial charge is 0.337 e. The number of nitrogens with two attached hydrogens (primary N) is 1. The van der Waals surface area contributed by atoms with Crippen LogP contribution < -0.4 is 5.73 Å². The topological polar surface area (TPSA) is 46.3 Å². The van der Waals surface area contributed by atoms with E-state index in [4.69, 9.17) is 5.73 Å². The highest BCUT2D eigenvalue weighted by Crippen LogP contribution is 2.23. The van der Waals surface area contributed by atoms with Gasteiger partial charge in [-0.3, -0.25) is 4.79 Å². The number of thioether (sulfide) groups is 1. The van der Waals surface area contributed by atoms with E-state index in [2.05, 4.69) is 22.0 Å². The van der Waals surface area contributed by atoms with Crippen LogP contribution in [0, 0.1) is 0 Å². The van der Waals surface area contributed by atoms with Crippen molar-refractivity contribution in [1.29, 1.82) is 0 Å². The molecule has 1 aromatic heterocycles. The highest BCUT2D eigenvalue weighted by Gasteiger charge is 2.12. The van der Waals surface area contributed by atoms with Gasteiger partial charge in [0.05, 0.1) is 16.1 Å². The highest BCUT2D eigenvalue weighted by atomic mass is 79.9. The Morgan fingerprint density at radius 1 is 1.59 bits per heavy atom. The number of thiophene rings is 1. The second kappa shape index (κ2) is 8.13. The molecular formula is C11H17BrN2OS2. The molecule has 2 N–H and O–H groups in total. The Balaban J connectivity index is 2.44. The number of carbonyl (C=O) groups excluding carboxylic acids is 1. The van der Waals surface area contributed by atoms with E-state index in [1.165, 1.54) is 4.88 Å². The molecule has 96 valence electrons. The fourth-order valence-electron chi connectivity index (χ4n) is 1.34. The predicted molar refractivity (Wildman–Crippen MR) is 79.5 cm³/mol. The van der Waals surface area contributed by atoms with Crippen LogP contribution in [0.5, 0.6) is 0 Å². The Morgan fingerprint density at radius 3 is 2.88 bits per heavy atom. The Hall–Kier alpha value is -0.0400. The van der Waals surface area contributed by atoms with Crippen molar-refractivity contribution in [3.63, 3.8) is 0 Å². The van der Waals surface area contributed by atoms with Gasteiger partial charge in [-0.2, -0.15) is 11.8 Å². The normalized spacial score (nSPS) is 10.5. The third-order valence-corrected chi connectivity index (χ3v) is 4.78. The summed E-state index contributed by atoms with van der Waals surface area (Å²) in [5, 5.41) is 0. The number of rotatable bonds is 7. The maximum atomic E-state index is 11.9. The second-order valence-electron chi connectivity index (χ2n) is 3.45. The van der Waals surface area contributed by atoms with Gasteiger partial charge in [-0.1, -0.05) is 0 Å². The Kier molecular flexibility index (Phi) is 7.18. The first-order chi connectivity index (χ1) is 8.17. The maximum Gasteiger partial charge on any atom is 0.232 e. The van der Waals surface area contributed by atoms with Crippen LogP contribution in [0.3, 0.4) is 0 Å². The number of hydrogen-bond donors (Lipinski definition) is 1. The summed E-state index contributed by atoms with van der Waals surface area (Å²) in [6.45, 7) is 4.09. The van der Waals surface area contributed by atoms with E-state index in [9.17, 15) is 4.79 Å². The van der Waals surface area contributed by atoms with E-state index in [1.54, 1.807) is 23.1 Å². The fraction of sp³-hybridized carbons (Fsp3) is 0.545. The van der Waals surface area contributed by atoms with E-state index in [1.807, 2.05) is 17.9 Å². The third kappa shape index (κ3) is 5.42. The molecule has 3 nitrogen and oxygen atoms in total. The van der Waals surface area contributed by atoms with E-state index in [0.29, 0.717) is 18.8 Å². The third-order valence-electron chi connectivity index (χ3n) is 2.20. The lowest BCUT2D eigenvalue weighted by Gasteiger charge is -2.19. The average molecular weight is 337 g/mol. The van der Waals surface area contributed by atoms with Crippen molar-refractivity contribution < 1.29 is 4.79 Å². The zero-order valence-electron chi connectivity index (χ0n) is 9.82. The molecule has 0 aliphatic carbocycles. The Labute approximate surface area is 119 Å². The van der Waals surface area contributed by atoms with Crippen molar-refractivity contribution in [2.24, 2.45) is 5.73 Å². The average Bonchev–Trinajstić information content (AvgIpc) is 2.72. The maximum absolute atomic E-state index is 11.9. The molecule has 6 heteroatoms. The van der Waals surface area contributed by atoms with Crippen molar-refractivity contribution >= 4 is 44.9 Å². The number of nitrogens with zero attached hydrogens (tertiary/aromatic N) is 1. The van der Waals surface area contributed by atoms with Gasteiger partial charge in [-0.25, -0.2) is 0 Å². The Morgan fingerprint density at radius 2 is 2.35 bits per heavy atom. The highest BCUT2D eigenvalue weighted by molar-refractivity contribution is 9.11. The monoisotopic (exact) mass is 336 g/mol. The van der Waals surface area contributed by atoms with Crippen LogP contribution in [0.25, 0.3) is 0 Å². The number of hydrogen-bond acceptors (Lipinski definition) is 4. The minimum atomic E-state index is 0.190. The lowest BCUT2D eigenvalue weighted by atomic mass is 10.4. The van der Waals surface area contributed by atoms with Gasteiger partial charge >= 0.3 is 0 Å². The van der Waals surface area contributed by atoms with Crippen molar-refractivity contribution in [2.45, 2.75) is 13.5 Å². The van der Waals surface area contributed by atoms with Crippen molar-refractivity contribution in [1.82, 2.24) is 4.90 Å². The molecule has 0 atom stereocenters. The minimum absolute atomic E-state index is 0.190. The summed E-state index contributed by atoms with van der Waals surface area (Å²) in [5.74, 6) is 1.56. The van der Waals surface area contributed by atoms with Gasteiger partial charge in [-0.15, -0.1) is 11.3 Å². The standard InChI is InChI=1S/C11H17BrN2OS2/c1-2-14(11(15)8-16-6-5-13)7-9-3-4-10(12)17-9/h3-4H,2,5-8,13H2,1H3. The van der Waals surface area contributed by atoms with E-state index in [0.717, 1.165) is 16.1 Å². The van der Waals surface area contributed by atoms with Gasteiger partial charge in [0.2, 0.25) is 5.91 Å². The van der Waals surface area contributed by atoms with Gasteiger partial charge in [0.1, 0.15) is 0 Å². The van der Waals surface area contributed by atoms with Gasteiger partial charge in [0, 0.05) is 23.7 Å². The van der Waals surface area contributed by atoms with Gasteiger partial charge in [-0.05, 0) is 35.0 Å². The number of halogens is 1. The summed E-state index contributed by atoms with van der Waals surface area (Å²) in [4.78, 5) is 15.0. The summed E-state index contributed by atoms with van der Waals surface area (Å²) in [6.07, 6.45) is 0. The molecule has 1 aromatic rings. The van der Waals surface area contributed by atoms with Gasteiger partial charge in [0.15, 0.2) is 0 Å². The summed E-state index contributed by atoms with van der Waals surface area (Å²) in [6, 6.07) is 4.07. The van der Waals surface area contributed by atoms with Gasteiger partial charge in [0.25, 0.3) is 0 Å². The van der Waals surface area contributed by atoms with Crippen LogP contribution in [-0.2, 0) is 11.3 Å². The predicted octanol–water partition coefficient (Wildman–Crippen LogP) is 2.55. The van der Waals surface area contributed by atoms with Crippen molar-refractivity contribution in [3.05, 3.63) is 20.8 Å². The molecule has 0 fully saturated rings. The molecule has 0 spiro atoms. The lowest BCUT2D eigenvalue weighted by Crippen LogP contribution is -2.31. The molecule has 0 bridgehead atoms. The summed E-state index contributed by atoms with van der Waals surface area (Å²) >= 11 is 6.70. The van der Waals surface area contributed by atoms with Gasteiger partial charge < -0.3 is 10.6 Å². The Bertz CT molecular complexity index is 357. The van der Waals surface area contributed by atoms with Crippen LogP contribution in [-0.4, -0.2) is 35.4 Å².